The molecule has 1 aliphatic rings. The van der Waals surface area contributed by atoms with E-state index in [0.717, 1.165) is 25.3 Å². The maximum Gasteiger partial charge on any atom is 0.303 e. The minimum Gasteiger partial charge on any atom is -0.468 e. The fourth-order valence-corrected chi connectivity index (χ4v) is 3.47. The van der Waals surface area contributed by atoms with Crippen LogP contribution >= 0.6 is 0 Å². The largest absolute Gasteiger partial charge is 0.468 e. The second kappa shape index (κ2) is 11.6. The highest BCUT2D eigenvalue weighted by molar-refractivity contribution is 6.00. The lowest BCUT2D eigenvalue weighted by Gasteiger charge is -2.40. The molecule has 0 radical (unpaired) electrons. The van der Waals surface area contributed by atoms with Gasteiger partial charge >= 0.3 is 23.9 Å². The van der Waals surface area contributed by atoms with Gasteiger partial charge in [0, 0.05) is 34.2 Å². The van der Waals surface area contributed by atoms with E-state index in [1.165, 1.54) is 14.2 Å². The van der Waals surface area contributed by atoms with Crippen molar-refractivity contribution in [3.05, 3.63) is 15.9 Å². The van der Waals surface area contributed by atoms with E-state index in [-0.39, 0.29) is 30.4 Å². The maximum absolute atomic E-state index is 12.9. The van der Waals surface area contributed by atoms with Crippen LogP contribution in [0.1, 0.15) is 50.9 Å². The van der Waals surface area contributed by atoms with Crippen LogP contribution in [0.2, 0.25) is 0 Å². The molecular weight excluding hydrogens is 454 g/mol. The number of ketones is 1. The Bertz CT molecular complexity index is 1010. The molecule has 0 bridgehead atoms. The molecule has 0 spiro atoms. The van der Waals surface area contributed by atoms with Crippen molar-refractivity contribution in [2.45, 2.75) is 65.1 Å². The number of anilines is 1. The Balaban J connectivity index is 2.54. The highest BCUT2D eigenvalue weighted by atomic mass is 16.6. The van der Waals surface area contributed by atoms with Crippen LogP contribution < -0.4 is 15.6 Å². The van der Waals surface area contributed by atoms with Gasteiger partial charge in [0.2, 0.25) is 0 Å². The van der Waals surface area contributed by atoms with Crippen LogP contribution in [0.4, 0.5) is 5.82 Å². The van der Waals surface area contributed by atoms with E-state index in [0.29, 0.717) is 6.42 Å². The first-order valence-electron chi connectivity index (χ1n) is 10.6. The number of carbonyl (C=O) groups is 4. The molecule has 34 heavy (non-hydrogen) atoms. The lowest BCUT2D eigenvalue weighted by Crippen LogP contribution is -2.59. The van der Waals surface area contributed by atoms with Crippen molar-refractivity contribution in [3.63, 3.8) is 0 Å². The molecule has 1 fully saturated rings. The molecule has 1 aromatic rings. The number of nitrogens with one attached hydrogen (secondary N) is 1. The van der Waals surface area contributed by atoms with E-state index in [2.05, 4.69) is 10.3 Å². The number of Topliss-reactive ketones (excluding diaryl/α,β-unsaturated/α-hetero) is 1. The average Bonchev–Trinajstić information content (AvgIpc) is 2.73. The average molecular weight is 483 g/mol. The maximum atomic E-state index is 12.9. The molecule has 0 unspecified atom stereocenters. The van der Waals surface area contributed by atoms with E-state index in [1.54, 1.807) is 6.92 Å². The second-order valence-corrected chi connectivity index (χ2v) is 7.55. The van der Waals surface area contributed by atoms with Crippen molar-refractivity contribution in [3.8, 4) is 6.01 Å². The van der Waals surface area contributed by atoms with Crippen LogP contribution in [-0.4, -0.2) is 71.5 Å². The van der Waals surface area contributed by atoms with Crippen LogP contribution in [0, 0.1) is 0 Å². The van der Waals surface area contributed by atoms with Crippen LogP contribution in [0.3, 0.4) is 0 Å². The highest BCUT2D eigenvalue weighted by Crippen LogP contribution is 2.27. The van der Waals surface area contributed by atoms with Crippen LogP contribution in [0.5, 0.6) is 6.01 Å². The molecule has 1 aromatic heterocycles. The summed E-state index contributed by atoms with van der Waals surface area (Å²) in [4.78, 5) is 64.9. The summed E-state index contributed by atoms with van der Waals surface area (Å²) >= 11 is 0. The van der Waals surface area contributed by atoms with E-state index in [4.69, 9.17) is 23.7 Å². The Morgan fingerprint density at radius 1 is 1.06 bits per heavy atom. The summed E-state index contributed by atoms with van der Waals surface area (Å²) < 4.78 is 27.7. The van der Waals surface area contributed by atoms with Crippen molar-refractivity contribution < 1.29 is 42.9 Å². The summed E-state index contributed by atoms with van der Waals surface area (Å²) in [5.41, 5.74) is -0.886. The summed E-state index contributed by atoms with van der Waals surface area (Å²) in [5, 5.41) is 2.81. The van der Waals surface area contributed by atoms with Crippen LogP contribution in [-0.2, 0) is 40.4 Å². The molecule has 0 saturated carbocycles. The number of hydrogen-bond donors (Lipinski definition) is 1. The van der Waals surface area contributed by atoms with Gasteiger partial charge in [-0.25, -0.2) is 0 Å². The first-order chi connectivity index (χ1) is 16.0. The zero-order valence-electron chi connectivity index (χ0n) is 19.9. The zero-order valence-corrected chi connectivity index (χ0v) is 19.9. The van der Waals surface area contributed by atoms with E-state index < -0.39 is 53.8 Å². The predicted octanol–water partition coefficient (Wildman–Crippen LogP) is 0.335. The Hall–Kier alpha value is -3.48. The van der Waals surface area contributed by atoms with Gasteiger partial charge in [-0.2, -0.15) is 4.98 Å². The highest BCUT2D eigenvalue weighted by Gasteiger charge is 2.47. The molecule has 13 heteroatoms. The Kier molecular flexibility index (Phi) is 9.12. The van der Waals surface area contributed by atoms with Crippen molar-refractivity contribution in [1.82, 2.24) is 9.55 Å². The number of rotatable bonds is 9. The van der Waals surface area contributed by atoms with Gasteiger partial charge < -0.3 is 29.0 Å². The van der Waals surface area contributed by atoms with Crippen molar-refractivity contribution >= 4 is 29.5 Å². The number of esters is 3. The fraction of sp³-hybridized carbons (Fsp3) is 0.619. The number of hydrogen-bond acceptors (Lipinski definition) is 12. The number of ether oxygens (including phenoxy) is 5. The van der Waals surface area contributed by atoms with Gasteiger partial charge in [-0.1, -0.05) is 6.92 Å². The van der Waals surface area contributed by atoms with E-state index >= 15 is 0 Å². The SMILES string of the molecule is CCCC(=O)c1c(N[C@@H]2OC[C@@H](OC(C)=O)[C@H](OC(C)=O)[C@H]2OC(C)=O)nc(OC)n(C)c1=O. The molecule has 188 valence electrons. The molecule has 1 aliphatic heterocycles. The van der Waals surface area contributed by atoms with Gasteiger partial charge in [0.25, 0.3) is 5.56 Å². The third-order valence-electron chi connectivity index (χ3n) is 4.82. The quantitative estimate of drug-likeness (QED) is 0.292. The Labute approximate surface area is 195 Å². The first kappa shape index (κ1) is 26.8. The first-order valence-corrected chi connectivity index (χ1v) is 10.6. The lowest BCUT2D eigenvalue weighted by atomic mass is 10.0. The van der Waals surface area contributed by atoms with Gasteiger partial charge in [-0.3, -0.25) is 28.5 Å². The number of methoxy groups -OCH3 is 1. The van der Waals surface area contributed by atoms with Gasteiger partial charge in [0.1, 0.15) is 11.4 Å². The molecule has 2 heterocycles. The summed E-state index contributed by atoms with van der Waals surface area (Å²) in [6.45, 7) is 4.98. The smallest absolute Gasteiger partial charge is 0.303 e. The molecule has 0 aliphatic carbocycles. The standard InChI is InChI=1S/C21H29N3O10/c1-7-8-13(28)15-18(23-21(30-6)24(5)20(15)29)22-19-17(34-12(4)27)16(33-11(3)26)14(9-31-19)32-10(2)25/h14,16-17,19,22H,7-9H2,1-6H3/t14-,16+,17-,19-/m1/s1. The Morgan fingerprint density at radius 2 is 1.65 bits per heavy atom. The molecule has 13 nitrogen and oxygen atoms in total. The summed E-state index contributed by atoms with van der Waals surface area (Å²) in [7, 11) is 2.71. The third kappa shape index (κ3) is 6.31. The lowest BCUT2D eigenvalue weighted by molar-refractivity contribution is -0.221. The van der Waals surface area contributed by atoms with Crippen molar-refractivity contribution in [1.29, 1.82) is 0 Å². The Morgan fingerprint density at radius 3 is 2.18 bits per heavy atom. The number of aromatic nitrogens is 2. The van der Waals surface area contributed by atoms with E-state index in [1.807, 2.05) is 0 Å². The minimum atomic E-state index is -1.31. The van der Waals surface area contributed by atoms with Gasteiger partial charge in [0.05, 0.1) is 13.7 Å². The molecular formula is C21H29N3O10. The monoisotopic (exact) mass is 483 g/mol. The fourth-order valence-electron chi connectivity index (χ4n) is 3.47. The van der Waals surface area contributed by atoms with Crippen LogP contribution in [0.15, 0.2) is 4.79 Å². The molecule has 1 saturated heterocycles. The molecule has 0 aromatic carbocycles. The van der Waals surface area contributed by atoms with Crippen molar-refractivity contribution in [2.24, 2.45) is 7.05 Å². The van der Waals surface area contributed by atoms with Crippen LogP contribution in [0.25, 0.3) is 0 Å². The van der Waals surface area contributed by atoms with Gasteiger partial charge in [-0.05, 0) is 6.42 Å². The number of carbonyl (C=O) groups excluding carboxylic acids is 4. The number of nitrogens with zero attached hydrogens (tertiary/aromatic N) is 2. The normalized spacial score (nSPS) is 21.8. The predicted molar refractivity (Wildman–Crippen MR) is 115 cm³/mol. The van der Waals surface area contributed by atoms with Gasteiger partial charge in [0.15, 0.2) is 30.3 Å². The third-order valence-corrected chi connectivity index (χ3v) is 4.82. The zero-order chi connectivity index (χ0) is 25.6. The van der Waals surface area contributed by atoms with Crippen molar-refractivity contribution in [2.75, 3.05) is 19.0 Å². The van der Waals surface area contributed by atoms with E-state index in [9.17, 15) is 24.0 Å². The summed E-state index contributed by atoms with van der Waals surface area (Å²) in [6.07, 6.45) is -4.28. The second-order valence-electron chi connectivity index (χ2n) is 7.55. The van der Waals surface area contributed by atoms with Gasteiger partial charge in [-0.15, -0.1) is 0 Å². The molecule has 2 rings (SSSR count). The summed E-state index contributed by atoms with van der Waals surface area (Å²) in [5.74, 6) is -2.74. The minimum absolute atomic E-state index is 0.0847. The molecule has 4 atom stereocenters. The topological polar surface area (TPSA) is 161 Å². The molecule has 0 amide bonds. The molecule has 1 N–H and O–H groups in total. The summed E-state index contributed by atoms with van der Waals surface area (Å²) in [6, 6.07) is -0.0882.